The van der Waals surface area contributed by atoms with Crippen LogP contribution in [0, 0.1) is 0 Å². The molecule has 3 nitrogen and oxygen atoms in total. The maximum absolute atomic E-state index is 11.3. The predicted octanol–water partition coefficient (Wildman–Crippen LogP) is 2.39. The van der Waals surface area contributed by atoms with Gasteiger partial charge in [0.05, 0.1) is 5.52 Å². The van der Waals surface area contributed by atoms with Crippen LogP contribution in [-0.2, 0) is 0 Å². The second-order valence-corrected chi connectivity index (χ2v) is 3.73. The highest BCUT2D eigenvalue weighted by Crippen LogP contribution is 2.29. The van der Waals surface area contributed by atoms with Crippen molar-refractivity contribution in [2.75, 3.05) is 0 Å². The Balaban J connectivity index is 2.66. The van der Waals surface area contributed by atoms with Crippen molar-refractivity contribution in [2.24, 2.45) is 0 Å². The molecule has 2 N–H and O–H groups in total. The summed E-state index contributed by atoms with van der Waals surface area (Å²) in [5, 5.41) is 12.4. The van der Waals surface area contributed by atoms with E-state index in [1.165, 1.54) is 6.07 Å². The van der Waals surface area contributed by atoms with Gasteiger partial charge in [-0.25, -0.2) is 0 Å². The smallest absolute Gasteiger partial charge is 0.248 e. The molecule has 0 radical (unpaired) electrons. The predicted molar refractivity (Wildman–Crippen MR) is 63.7 cm³/mol. The van der Waals surface area contributed by atoms with Gasteiger partial charge in [0.2, 0.25) is 5.56 Å². The summed E-state index contributed by atoms with van der Waals surface area (Å²) in [6, 6.07) is 12.4. The third kappa shape index (κ3) is 1.18. The number of phenols is 1. The summed E-state index contributed by atoms with van der Waals surface area (Å²) in [5.74, 6) is 0.185. The number of H-pyrrole nitrogens is 1. The van der Waals surface area contributed by atoms with Gasteiger partial charge in [0.15, 0.2) is 0 Å². The summed E-state index contributed by atoms with van der Waals surface area (Å²) < 4.78 is 0. The minimum absolute atomic E-state index is 0.164. The molecule has 3 heteroatoms. The number of nitrogens with one attached hydrogen (secondary N) is 1. The SMILES string of the molecule is O=c1ccc2ccc3cccc(O)c3c2[nH]1. The molecule has 0 aliphatic heterocycles. The molecule has 3 aromatic rings. The van der Waals surface area contributed by atoms with Gasteiger partial charge in [-0.15, -0.1) is 0 Å². The monoisotopic (exact) mass is 211 g/mol. The van der Waals surface area contributed by atoms with Crippen LogP contribution < -0.4 is 5.56 Å². The van der Waals surface area contributed by atoms with E-state index in [1.54, 1.807) is 18.2 Å². The van der Waals surface area contributed by atoms with E-state index in [4.69, 9.17) is 0 Å². The largest absolute Gasteiger partial charge is 0.507 e. The number of aromatic amines is 1. The zero-order chi connectivity index (χ0) is 11.1. The number of fused-ring (bicyclic) bond motifs is 3. The van der Waals surface area contributed by atoms with Crippen LogP contribution in [0.5, 0.6) is 5.75 Å². The summed E-state index contributed by atoms with van der Waals surface area (Å²) in [6.45, 7) is 0. The van der Waals surface area contributed by atoms with Gasteiger partial charge in [-0.2, -0.15) is 0 Å². The molecule has 0 aliphatic rings. The molecule has 2 aromatic carbocycles. The lowest BCUT2D eigenvalue weighted by Gasteiger charge is -2.04. The quantitative estimate of drug-likeness (QED) is 0.561. The van der Waals surface area contributed by atoms with Crippen molar-refractivity contribution >= 4 is 21.7 Å². The Morgan fingerprint density at radius 3 is 2.56 bits per heavy atom. The lowest BCUT2D eigenvalue weighted by Crippen LogP contribution is -2.02. The molecule has 3 rings (SSSR count). The third-order valence-corrected chi connectivity index (χ3v) is 2.72. The van der Waals surface area contributed by atoms with Crippen LogP contribution in [0.3, 0.4) is 0 Å². The van der Waals surface area contributed by atoms with Crippen molar-refractivity contribution in [2.45, 2.75) is 0 Å². The number of hydrogen-bond acceptors (Lipinski definition) is 2. The van der Waals surface area contributed by atoms with Crippen molar-refractivity contribution in [1.82, 2.24) is 4.98 Å². The number of aromatic hydroxyl groups is 1. The van der Waals surface area contributed by atoms with E-state index >= 15 is 0 Å². The first-order valence-corrected chi connectivity index (χ1v) is 4.99. The molecule has 78 valence electrons. The Hall–Kier alpha value is -2.29. The van der Waals surface area contributed by atoms with Gasteiger partial charge in [0.25, 0.3) is 0 Å². The molecule has 0 atom stereocenters. The first kappa shape index (κ1) is 8.97. The van der Waals surface area contributed by atoms with Gasteiger partial charge >= 0.3 is 0 Å². The third-order valence-electron chi connectivity index (χ3n) is 2.72. The molecule has 0 saturated carbocycles. The number of pyridine rings is 1. The summed E-state index contributed by atoms with van der Waals surface area (Å²) in [5.41, 5.74) is 0.520. The zero-order valence-electron chi connectivity index (χ0n) is 8.40. The van der Waals surface area contributed by atoms with Gasteiger partial charge < -0.3 is 10.1 Å². The second-order valence-electron chi connectivity index (χ2n) is 3.73. The number of aromatic nitrogens is 1. The van der Waals surface area contributed by atoms with Crippen LogP contribution in [0.15, 0.2) is 47.3 Å². The average molecular weight is 211 g/mol. The van der Waals surface area contributed by atoms with Crippen LogP contribution in [0.25, 0.3) is 21.7 Å². The fourth-order valence-electron chi connectivity index (χ4n) is 1.98. The van der Waals surface area contributed by atoms with Gasteiger partial charge in [0.1, 0.15) is 5.75 Å². The van der Waals surface area contributed by atoms with Crippen LogP contribution in [0.2, 0.25) is 0 Å². The van der Waals surface area contributed by atoms with Crippen LogP contribution in [-0.4, -0.2) is 10.1 Å². The fourth-order valence-corrected chi connectivity index (χ4v) is 1.98. The van der Waals surface area contributed by atoms with E-state index in [-0.39, 0.29) is 11.3 Å². The standard InChI is InChI=1S/C13H9NO2/c15-10-3-1-2-8-4-5-9-6-7-11(16)14-13(9)12(8)10/h1-7,15H,(H,14,16). The van der Waals surface area contributed by atoms with E-state index < -0.39 is 0 Å². The summed E-state index contributed by atoms with van der Waals surface area (Å²) in [6.07, 6.45) is 0. The number of benzene rings is 2. The Labute approximate surface area is 91.0 Å². The molecular formula is C13H9NO2. The highest BCUT2D eigenvalue weighted by atomic mass is 16.3. The Morgan fingerprint density at radius 1 is 0.938 bits per heavy atom. The number of hydrogen-bond donors (Lipinski definition) is 2. The second kappa shape index (κ2) is 3.10. The highest BCUT2D eigenvalue weighted by Gasteiger charge is 2.04. The molecule has 1 aromatic heterocycles. The van der Waals surface area contributed by atoms with Crippen molar-refractivity contribution in [3.05, 3.63) is 52.8 Å². The normalized spacial score (nSPS) is 11.0. The van der Waals surface area contributed by atoms with Crippen LogP contribution in [0.4, 0.5) is 0 Å². The van der Waals surface area contributed by atoms with E-state index in [9.17, 15) is 9.90 Å². The van der Waals surface area contributed by atoms with Gasteiger partial charge in [-0.1, -0.05) is 24.3 Å². The van der Waals surface area contributed by atoms with Crippen molar-refractivity contribution in [1.29, 1.82) is 0 Å². The van der Waals surface area contributed by atoms with E-state index in [0.717, 1.165) is 10.8 Å². The highest BCUT2D eigenvalue weighted by molar-refractivity contribution is 6.08. The zero-order valence-corrected chi connectivity index (χ0v) is 8.40. The summed E-state index contributed by atoms with van der Waals surface area (Å²) in [7, 11) is 0. The number of phenolic OH excluding ortho intramolecular Hbond substituents is 1. The number of rotatable bonds is 0. The molecule has 0 bridgehead atoms. The van der Waals surface area contributed by atoms with Crippen molar-refractivity contribution in [3.8, 4) is 5.75 Å². The van der Waals surface area contributed by atoms with E-state index in [2.05, 4.69) is 4.98 Å². The maximum Gasteiger partial charge on any atom is 0.248 e. The lowest BCUT2D eigenvalue weighted by atomic mass is 10.1. The maximum atomic E-state index is 11.3. The molecule has 0 spiro atoms. The van der Waals surface area contributed by atoms with Crippen molar-refractivity contribution < 1.29 is 5.11 Å². The fraction of sp³-hybridized carbons (Fsp3) is 0. The Morgan fingerprint density at radius 2 is 1.69 bits per heavy atom. The van der Waals surface area contributed by atoms with E-state index in [1.807, 2.05) is 18.2 Å². The van der Waals surface area contributed by atoms with E-state index in [0.29, 0.717) is 10.9 Å². The molecule has 0 fully saturated rings. The summed E-state index contributed by atoms with van der Waals surface area (Å²) in [4.78, 5) is 14.1. The Bertz CT molecular complexity index is 744. The molecule has 16 heavy (non-hydrogen) atoms. The van der Waals surface area contributed by atoms with Crippen LogP contribution >= 0.6 is 0 Å². The Kier molecular flexibility index (Phi) is 1.74. The van der Waals surface area contributed by atoms with Gasteiger partial charge in [0, 0.05) is 11.5 Å². The molecule has 0 aliphatic carbocycles. The average Bonchev–Trinajstić information content (AvgIpc) is 2.28. The van der Waals surface area contributed by atoms with Crippen molar-refractivity contribution in [3.63, 3.8) is 0 Å². The molecule has 1 heterocycles. The lowest BCUT2D eigenvalue weighted by molar-refractivity contribution is 0.482. The van der Waals surface area contributed by atoms with Gasteiger partial charge in [-0.3, -0.25) is 4.79 Å². The molecular weight excluding hydrogens is 202 g/mol. The topological polar surface area (TPSA) is 53.1 Å². The molecule has 0 saturated heterocycles. The molecule has 0 unspecified atom stereocenters. The molecule has 0 amide bonds. The first-order valence-electron chi connectivity index (χ1n) is 4.99. The summed E-state index contributed by atoms with van der Waals surface area (Å²) >= 11 is 0. The minimum Gasteiger partial charge on any atom is -0.507 e. The van der Waals surface area contributed by atoms with Gasteiger partial charge in [-0.05, 0) is 22.9 Å². The van der Waals surface area contributed by atoms with Crippen LogP contribution in [0.1, 0.15) is 0 Å². The minimum atomic E-state index is -0.164. The first-order chi connectivity index (χ1) is 7.75.